The maximum absolute atomic E-state index is 14.3. The van der Waals surface area contributed by atoms with Crippen LogP contribution in [0.25, 0.3) is 0 Å². The van der Waals surface area contributed by atoms with Crippen LogP contribution >= 0.6 is 0 Å². The monoisotopic (exact) mass is 639 g/mol. The number of amides is 4. The van der Waals surface area contributed by atoms with Gasteiger partial charge in [-0.2, -0.15) is 0 Å². The SMILES string of the molecule is C[C@@H]1CCCCO[C@H](CN(C)C(=O)Nc2ccccc2)[C@H](C)CN([C@H](C)CO)C(=O)c2cc(NC(=O)CCCN(C)C)ccc2O1. The van der Waals surface area contributed by atoms with Crippen molar-refractivity contribution in [2.45, 2.75) is 71.1 Å². The van der Waals surface area contributed by atoms with Gasteiger partial charge in [0.2, 0.25) is 5.91 Å². The summed E-state index contributed by atoms with van der Waals surface area (Å²) in [5, 5.41) is 16.0. The van der Waals surface area contributed by atoms with Crippen molar-refractivity contribution < 1.29 is 29.0 Å². The quantitative estimate of drug-likeness (QED) is 0.337. The predicted octanol–water partition coefficient (Wildman–Crippen LogP) is 4.93. The van der Waals surface area contributed by atoms with E-state index >= 15 is 0 Å². The van der Waals surface area contributed by atoms with Gasteiger partial charge in [0, 0.05) is 50.5 Å². The number of aliphatic hydroxyl groups is 1. The summed E-state index contributed by atoms with van der Waals surface area (Å²) in [5.74, 6) is -0.187. The molecule has 2 aromatic carbocycles. The van der Waals surface area contributed by atoms with Gasteiger partial charge in [-0.25, -0.2) is 4.79 Å². The second kappa shape index (κ2) is 18.5. The molecule has 254 valence electrons. The summed E-state index contributed by atoms with van der Waals surface area (Å²) in [6.07, 6.45) is 3.00. The zero-order valence-electron chi connectivity index (χ0n) is 28.3. The number of rotatable bonds is 10. The lowest BCUT2D eigenvalue weighted by Crippen LogP contribution is -2.48. The fraction of sp³-hybridized carbons (Fsp3) is 0.571. The number of carbonyl (C=O) groups excluding carboxylic acids is 3. The van der Waals surface area contributed by atoms with E-state index in [0.29, 0.717) is 42.3 Å². The van der Waals surface area contributed by atoms with Crippen molar-refractivity contribution in [2.24, 2.45) is 5.92 Å². The molecule has 11 heteroatoms. The molecule has 3 rings (SSSR count). The molecule has 2 aromatic rings. The molecule has 1 aliphatic heterocycles. The molecule has 0 bridgehead atoms. The van der Waals surface area contributed by atoms with Crippen molar-refractivity contribution in [1.29, 1.82) is 0 Å². The minimum absolute atomic E-state index is 0.126. The number of benzene rings is 2. The van der Waals surface area contributed by atoms with Crippen LogP contribution in [0.4, 0.5) is 16.2 Å². The van der Waals surface area contributed by atoms with Gasteiger partial charge in [0.15, 0.2) is 0 Å². The van der Waals surface area contributed by atoms with Crippen LogP contribution in [0.3, 0.4) is 0 Å². The highest BCUT2D eigenvalue weighted by atomic mass is 16.5. The van der Waals surface area contributed by atoms with Gasteiger partial charge in [-0.1, -0.05) is 25.1 Å². The third-order valence-corrected chi connectivity index (χ3v) is 8.17. The fourth-order valence-electron chi connectivity index (χ4n) is 5.34. The average Bonchev–Trinajstić information content (AvgIpc) is 3.02. The first-order valence-electron chi connectivity index (χ1n) is 16.3. The first-order chi connectivity index (χ1) is 22.0. The standard InChI is InChI=1S/C35H53N5O6/c1-25-22-40(26(2)24-41)34(43)30-21-29(36-33(42)16-12-19-38(4)5)17-18-31(30)46-27(3)13-10-11-20-45-32(25)23-39(6)35(44)37-28-14-8-7-9-15-28/h7-9,14-15,17-18,21,25-27,32,41H,10-13,16,19-20,22-24H2,1-6H3,(H,36,42)(H,37,44)/t25-,26-,27-,32-/m1/s1. The van der Waals surface area contributed by atoms with E-state index in [1.807, 2.05) is 63.2 Å². The topological polar surface area (TPSA) is 124 Å². The molecule has 46 heavy (non-hydrogen) atoms. The van der Waals surface area contributed by atoms with Gasteiger partial charge < -0.3 is 39.9 Å². The molecule has 0 unspecified atom stereocenters. The number of fused-ring (bicyclic) bond motifs is 1. The Morgan fingerprint density at radius 1 is 1.04 bits per heavy atom. The normalized spacial score (nSPS) is 20.2. The van der Waals surface area contributed by atoms with E-state index in [0.717, 1.165) is 32.2 Å². The maximum atomic E-state index is 14.3. The van der Waals surface area contributed by atoms with Gasteiger partial charge in [0.05, 0.1) is 30.4 Å². The predicted molar refractivity (Wildman–Crippen MR) is 181 cm³/mol. The summed E-state index contributed by atoms with van der Waals surface area (Å²) in [7, 11) is 5.66. The fourth-order valence-corrected chi connectivity index (χ4v) is 5.34. The maximum Gasteiger partial charge on any atom is 0.321 e. The van der Waals surface area contributed by atoms with Crippen molar-refractivity contribution in [3.63, 3.8) is 0 Å². The Hall–Kier alpha value is -3.67. The Morgan fingerprint density at radius 3 is 2.48 bits per heavy atom. The number of anilines is 2. The molecule has 0 radical (unpaired) electrons. The van der Waals surface area contributed by atoms with Gasteiger partial charge in [-0.05, 0) is 90.5 Å². The Bertz CT molecular complexity index is 1260. The van der Waals surface area contributed by atoms with Crippen LogP contribution in [0.2, 0.25) is 0 Å². The van der Waals surface area contributed by atoms with E-state index in [-0.39, 0.29) is 49.1 Å². The number of urea groups is 1. The van der Waals surface area contributed by atoms with Crippen molar-refractivity contribution in [3.05, 3.63) is 54.1 Å². The highest BCUT2D eigenvalue weighted by Crippen LogP contribution is 2.28. The minimum Gasteiger partial charge on any atom is -0.490 e. The first kappa shape index (κ1) is 36.8. The molecule has 0 aromatic heterocycles. The van der Waals surface area contributed by atoms with Crippen LogP contribution in [-0.2, 0) is 9.53 Å². The summed E-state index contributed by atoms with van der Waals surface area (Å²) >= 11 is 0. The number of nitrogens with zero attached hydrogens (tertiary/aromatic N) is 3. The number of hydrogen-bond donors (Lipinski definition) is 3. The van der Waals surface area contributed by atoms with Crippen LogP contribution < -0.4 is 15.4 Å². The zero-order valence-corrected chi connectivity index (χ0v) is 28.3. The number of para-hydroxylation sites is 1. The molecular weight excluding hydrogens is 586 g/mol. The highest BCUT2D eigenvalue weighted by molar-refractivity contribution is 5.99. The smallest absolute Gasteiger partial charge is 0.321 e. The number of likely N-dealkylation sites (N-methyl/N-ethyl adjacent to an activating group) is 1. The molecule has 3 N–H and O–H groups in total. The van der Waals surface area contributed by atoms with Crippen LogP contribution in [0.15, 0.2) is 48.5 Å². The number of nitrogens with one attached hydrogen (secondary N) is 2. The van der Waals surface area contributed by atoms with Crippen LogP contribution in [0.5, 0.6) is 5.75 Å². The van der Waals surface area contributed by atoms with Gasteiger partial charge in [-0.3, -0.25) is 9.59 Å². The molecule has 4 atom stereocenters. The first-order valence-corrected chi connectivity index (χ1v) is 16.3. The van der Waals surface area contributed by atoms with Gasteiger partial charge in [-0.15, -0.1) is 0 Å². The molecule has 0 aliphatic carbocycles. The molecule has 0 fully saturated rings. The number of hydrogen-bond acceptors (Lipinski definition) is 7. The molecule has 0 spiro atoms. The zero-order chi connectivity index (χ0) is 33.6. The van der Waals surface area contributed by atoms with E-state index in [1.54, 1.807) is 42.0 Å². The van der Waals surface area contributed by atoms with E-state index in [9.17, 15) is 19.5 Å². The Balaban J connectivity index is 1.86. The largest absolute Gasteiger partial charge is 0.490 e. The number of ether oxygens (including phenoxy) is 2. The lowest BCUT2D eigenvalue weighted by molar-refractivity contribution is -0.116. The van der Waals surface area contributed by atoms with Gasteiger partial charge in [0.25, 0.3) is 5.91 Å². The van der Waals surface area contributed by atoms with E-state index < -0.39 is 6.04 Å². The minimum atomic E-state index is -0.503. The van der Waals surface area contributed by atoms with Crippen LogP contribution in [-0.4, -0.2) is 110 Å². The van der Waals surface area contributed by atoms with Crippen molar-refractivity contribution in [2.75, 3.05) is 64.6 Å². The average molecular weight is 640 g/mol. The Labute approximate surface area is 274 Å². The van der Waals surface area contributed by atoms with Crippen molar-refractivity contribution >= 4 is 29.2 Å². The summed E-state index contributed by atoms with van der Waals surface area (Å²) in [6, 6.07) is 13.7. The Kier molecular flexibility index (Phi) is 14.8. The molecule has 4 amide bonds. The van der Waals surface area contributed by atoms with Crippen LogP contribution in [0, 0.1) is 5.92 Å². The Morgan fingerprint density at radius 2 is 1.78 bits per heavy atom. The molecule has 0 saturated carbocycles. The van der Waals surface area contributed by atoms with Crippen molar-refractivity contribution in [1.82, 2.24) is 14.7 Å². The summed E-state index contributed by atoms with van der Waals surface area (Å²) in [4.78, 5) is 45.2. The molecule has 1 aliphatic rings. The van der Waals surface area contributed by atoms with Gasteiger partial charge in [0.1, 0.15) is 5.75 Å². The van der Waals surface area contributed by atoms with Gasteiger partial charge >= 0.3 is 6.03 Å². The van der Waals surface area contributed by atoms with E-state index in [2.05, 4.69) is 10.6 Å². The van der Waals surface area contributed by atoms with Crippen LogP contribution in [0.1, 0.15) is 63.2 Å². The second-order valence-electron chi connectivity index (χ2n) is 12.6. The number of carbonyl (C=O) groups is 3. The summed E-state index contributed by atoms with van der Waals surface area (Å²) in [6.45, 7) is 7.42. The van der Waals surface area contributed by atoms with E-state index in [4.69, 9.17) is 9.47 Å². The third kappa shape index (κ3) is 11.6. The molecule has 11 nitrogen and oxygen atoms in total. The lowest BCUT2D eigenvalue weighted by atomic mass is 10.0. The molecule has 0 saturated heterocycles. The number of aliphatic hydroxyl groups excluding tert-OH is 1. The highest BCUT2D eigenvalue weighted by Gasteiger charge is 2.31. The third-order valence-electron chi connectivity index (χ3n) is 8.17. The summed E-state index contributed by atoms with van der Waals surface area (Å²) in [5.41, 5.74) is 1.53. The molecular formula is C35H53N5O6. The second-order valence-corrected chi connectivity index (χ2v) is 12.6. The molecule has 1 heterocycles. The summed E-state index contributed by atoms with van der Waals surface area (Å²) < 4.78 is 12.6. The van der Waals surface area contributed by atoms with Crippen molar-refractivity contribution in [3.8, 4) is 5.75 Å². The lowest BCUT2D eigenvalue weighted by Gasteiger charge is -2.35. The van der Waals surface area contributed by atoms with E-state index in [1.165, 1.54) is 0 Å².